The first-order valence-electron chi connectivity index (χ1n) is 9.17. The van der Waals surface area contributed by atoms with Crippen molar-refractivity contribution < 1.29 is 20.1 Å². The SMILES string of the molecule is C/C=C(\C=C/[NH2+]c1cc(C)c(O)c(Cl)c1)c1cc[n+](-c2cc(Cl)c(O)c(Cl)c2)cc1. The topological polar surface area (TPSA) is 61.0 Å². The Labute approximate surface area is 190 Å². The lowest BCUT2D eigenvalue weighted by molar-refractivity contribution is -0.595. The van der Waals surface area contributed by atoms with Crippen molar-refractivity contribution in [2.45, 2.75) is 13.8 Å². The summed E-state index contributed by atoms with van der Waals surface area (Å²) < 4.78 is 1.87. The number of nitrogens with zero attached hydrogens (tertiary/aromatic N) is 1. The van der Waals surface area contributed by atoms with E-state index in [1.54, 1.807) is 18.2 Å². The molecule has 7 heteroatoms. The van der Waals surface area contributed by atoms with Crippen LogP contribution in [0.15, 0.2) is 67.1 Å². The third-order valence-electron chi connectivity index (χ3n) is 4.61. The number of phenols is 2. The molecule has 0 amide bonds. The van der Waals surface area contributed by atoms with Gasteiger partial charge in [-0.25, -0.2) is 0 Å². The van der Waals surface area contributed by atoms with Gasteiger partial charge in [-0.3, -0.25) is 5.32 Å². The number of aromatic nitrogens is 1. The van der Waals surface area contributed by atoms with Crippen LogP contribution in [0.25, 0.3) is 11.3 Å². The number of allylic oxidation sites excluding steroid dienone is 3. The molecule has 0 saturated heterocycles. The molecule has 0 aliphatic rings. The zero-order valence-corrected chi connectivity index (χ0v) is 18.7. The minimum Gasteiger partial charge on any atom is -0.506 e. The summed E-state index contributed by atoms with van der Waals surface area (Å²) in [5.41, 5.74) is 4.47. The van der Waals surface area contributed by atoms with Crippen LogP contribution in [0.3, 0.4) is 0 Å². The van der Waals surface area contributed by atoms with Crippen molar-refractivity contribution in [1.29, 1.82) is 0 Å². The summed E-state index contributed by atoms with van der Waals surface area (Å²) in [5.74, 6) is -0.0114. The number of rotatable bonds is 5. The number of aryl methyl sites for hydroxylation is 1. The maximum Gasteiger partial charge on any atom is 0.213 e. The first kappa shape index (κ1) is 22.2. The van der Waals surface area contributed by atoms with Crippen LogP contribution in [0.4, 0.5) is 5.69 Å². The van der Waals surface area contributed by atoms with Crippen molar-refractivity contribution in [2.24, 2.45) is 0 Å². The van der Waals surface area contributed by atoms with Crippen LogP contribution in [0.1, 0.15) is 18.1 Å². The second-order valence-corrected chi connectivity index (χ2v) is 7.91. The smallest absolute Gasteiger partial charge is 0.213 e. The number of quaternary nitrogens is 1. The largest absolute Gasteiger partial charge is 0.506 e. The molecule has 0 saturated carbocycles. The predicted molar refractivity (Wildman–Crippen MR) is 122 cm³/mol. The van der Waals surface area contributed by atoms with E-state index in [2.05, 4.69) is 0 Å². The molecule has 0 unspecified atom stereocenters. The van der Waals surface area contributed by atoms with Crippen LogP contribution >= 0.6 is 34.8 Å². The van der Waals surface area contributed by atoms with Crippen LogP contribution in [-0.2, 0) is 0 Å². The van der Waals surface area contributed by atoms with Gasteiger partial charge >= 0.3 is 0 Å². The molecule has 2 aromatic carbocycles. The van der Waals surface area contributed by atoms with Gasteiger partial charge in [0.25, 0.3) is 0 Å². The quantitative estimate of drug-likeness (QED) is 0.204. The third-order valence-corrected chi connectivity index (χ3v) is 5.48. The standard InChI is InChI=1S/C23H19Cl3N2O2/c1-3-15(4-7-27-17-10-14(2)22(29)19(24)11-17)16-5-8-28(9-6-16)18-12-20(25)23(30)21(26)13-18/h3-13,27H,1-2H3,(H-,29,30)/p+2/b7-4-,15-3+. The molecule has 0 spiro atoms. The van der Waals surface area contributed by atoms with Gasteiger partial charge in [-0.15, -0.1) is 0 Å². The second-order valence-electron chi connectivity index (χ2n) is 6.69. The molecule has 1 heterocycles. The zero-order chi connectivity index (χ0) is 21.8. The highest BCUT2D eigenvalue weighted by atomic mass is 35.5. The average Bonchev–Trinajstić information content (AvgIpc) is 2.73. The number of phenolic OH excluding ortho intramolecular Hbond substituents is 2. The van der Waals surface area contributed by atoms with Gasteiger partial charge in [-0.1, -0.05) is 40.9 Å². The Hall–Kier alpha value is -2.50. The number of hydrogen-bond acceptors (Lipinski definition) is 2. The number of halogens is 3. The van der Waals surface area contributed by atoms with Gasteiger partial charge in [-0.2, -0.15) is 4.57 Å². The monoisotopic (exact) mass is 462 g/mol. The van der Waals surface area contributed by atoms with E-state index in [-0.39, 0.29) is 21.5 Å². The Kier molecular flexibility index (Phi) is 7.06. The van der Waals surface area contributed by atoms with Gasteiger partial charge in [0.1, 0.15) is 11.4 Å². The highest BCUT2D eigenvalue weighted by Gasteiger charge is 2.13. The number of benzene rings is 2. The third kappa shape index (κ3) is 4.97. The number of nitrogens with two attached hydrogens (primary N) is 1. The first-order valence-corrected chi connectivity index (χ1v) is 10.3. The van der Waals surface area contributed by atoms with Gasteiger partial charge in [0.05, 0.1) is 21.3 Å². The van der Waals surface area contributed by atoms with Gasteiger partial charge in [0.15, 0.2) is 18.1 Å². The lowest BCUT2D eigenvalue weighted by atomic mass is 10.1. The second kappa shape index (κ2) is 9.54. The summed E-state index contributed by atoms with van der Waals surface area (Å²) in [6, 6.07) is 10.9. The Morgan fingerprint density at radius 1 is 0.933 bits per heavy atom. The van der Waals surface area contributed by atoms with Gasteiger partial charge in [0, 0.05) is 36.4 Å². The van der Waals surface area contributed by atoms with Crippen molar-refractivity contribution >= 4 is 46.1 Å². The fraction of sp³-hybridized carbons (Fsp3) is 0.0870. The maximum atomic E-state index is 9.78. The zero-order valence-electron chi connectivity index (χ0n) is 16.4. The van der Waals surface area contributed by atoms with E-state index in [9.17, 15) is 10.2 Å². The van der Waals surface area contributed by atoms with E-state index >= 15 is 0 Å². The molecule has 3 aromatic rings. The molecule has 3 rings (SSSR count). The molecule has 4 nitrogen and oxygen atoms in total. The van der Waals surface area contributed by atoms with Gasteiger partial charge < -0.3 is 10.2 Å². The summed E-state index contributed by atoms with van der Waals surface area (Å²) in [5, 5.41) is 22.2. The summed E-state index contributed by atoms with van der Waals surface area (Å²) in [4.78, 5) is 0. The first-order chi connectivity index (χ1) is 14.3. The molecule has 0 radical (unpaired) electrons. The molecule has 0 bridgehead atoms. The average molecular weight is 464 g/mol. The predicted octanol–water partition coefficient (Wildman–Crippen LogP) is 5.46. The van der Waals surface area contributed by atoms with Crippen LogP contribution < -0.4 is 9.88 Å². The Morgan fingerprint density at radius 2 is 1.53 bits per heavy atom. The molecule has 0 atom stereocenters. The number of aromatic hydroxyl groups is 2. The van der Waals surface area contributed by atoms with Crippen LogP contribution in [0.5, 0.6) is 11.5 Å². The molecule has 0 aliphatic heterocycles. The Bertz CT molecular complexity index is 1090. The highest BCUT2D eigenvalue weighted by molar-refractivity contribution is 6.37. The molecule has 4 N–H and O–H groups in total. The van der Waals surface area contributed by atoms with E-state index in [0.717, 1.165) is 28.1 Å². The van der Waals surface area contributed by atoms with Crippen LogP contribution in [0, 0.1) is 6.92 Å². The maximum absolute atomic E-state index is 9.78. The van der Waals surface area contributed by atoms with Crippen LogP contribution in [-0.4, -0.2) is 10.2 Å². The number of pyridine rings is 1. The molecule has 1 aromatic heterocycles. The summed E-state index contributed by atoms with van der Waals surface area (Å²) >= 11 is 18.1. The summed E-state index contributed by atoms with van der Waals surface area (Å²) in [7, 11) is 0. The minimum absolute atomic E-state index is 0.112. The normalized spacial score (nSPS) is 12.0. The van der Waals surface area contributed by atoms with Crippen molar-refractivity contribution in [3.05, 3.63) is 93.3 Å². The lowest BCUT2D eigenvalue weighted by Gasteiger charge is -2.04. The van der Waals surface area contributed by atoms with E-state index in [0.29, 0.717) is 5.02 Å². The Morgan fingerprint density at radius 3 is 2.10 bits per heavy atom. The Balaban J connectivity index is 1.77. The molecule has 0 fully saturated rings. The lowest BCUT2D eigenvalue weighted by Crippen LogP contribution is -2.70. The van der Waals surface area contributed by atoms with Crippen molar-refractivity contribution in [2.75, 3.05) is 0 Å². The molecule has 0 aliphatic carbocycles. The van der Waals surface area contributed by atoms with Crippen LogP contribution in [0.2, 0.25) is 15.1 Å². The molecule has 30 heavy (non-hydrogen) atoms. The van der Waals surface area contributed by atoms with E-state index in [1.807, 2.05) is 72.7 Å². The molecule has 154 valence electrons. The fourth-order valence-corrected chi connectivity index (χ4v) is 3.72. The molecular weight excluding hydrogens is 443 g/mol. The van der Waals surface area contributed by atoms with Gasteiger partial charge in [-0.05, 0) is 36.6 Å². The summed E-state index contributed by atoms with van der Waals surface area (Å²) in [6.45, 7) is 3.79. The van der Waals surface area contributed by atoms with E-state index in [1.165, 1.54) is 0 Å². The minimum atomic E-state index is -0.123. The number of hydrogen-bond donors (Lipinski definition) is 3. The fourth-order valence-electron chi connectivity index (χ4n) is 2.97. The van der Waals surface area contributed by atoms with Crippen molar-refractivity contribution in [1.82, 2.24) is 0 Å². The van der Waals surface area contributed by atoms with Crippen molar-refractivity contribution in [3.8, 4) is 17.2 Å². The van der Waals surface area contributed by atoms with E-state index in [4.69, 9.17) is 34.8 Å². The van der Waals surface area contributed by atoms with Crippen molar-refractivity contribution in [3.63, 3.8) is 0 Å². The van der Waals surface area contributed by atoms with E-state index < -0.39 is 0 Å². The summed E-state index contributed by atoms with van der Waals surface area (Å²) in [6.07, 6.45) is 9.77. The van der Waals surface area contributed by atoms with Gasteiger partial charge in [0.2, 0.25) is 5.69 Å². The highest BCUT2D eigenvalue weighted by Crippen LogP contribution is 2.32. The molecular formula is C23H21Cl3N2O2+2.